The molecule has 14 heavy (non-hydrogen) atoms. The van der Waals surface area contributed by atoms with Crippen LogP contribution in [0.25, 0.3) is 0 Å². The van der Waals surface area contributed by atoms with E-state index in [1.54, 1.807) is 0 Å². The Kier molecular flexibility index (Phi) is 4.33. The van der Waals surface area contributed by atoms with E-state index in [9.17, 15) is 0 Å². The molecule has 0 amide bonds. The summed E-state index contributed by atoms with van der Waals surface area (Å²) >= 11 is 0. The van der Waals surface area contributed by atoms with E-state index in [4.69, 9.17) is 15.5 Å². The van der Waals surface area contributed by atoms with Crippen molar-refractivity contribution in [1.29, 1.82) is 5.26 Å². The second-order valence-corrected chi connectivity index (χ2v) is 4.06. The third kappa shape index (κ3) is 3.26. The fourth-order valence-electron chi connectivity index (χ4n) is 1.76. The maximum absolute atomic E-state index is 8.82. The van der Waals surface area contributed by atoms with Gasteiger partial charge in [0, 0.05) is 26.1 Å². The van der Waals surface area contributed by atoms with E-state index in [1.165, 1.54) is 0 Å². The highest BCUT2D eigenvalue weighted by Crippen LogP contribution is 2.48. The molecule has 0 spiro atoms. The van der Waals surface area contributed by atoms with Gasteiger partial charge in [-0.3, -0.25) is 4.90 Å². The van der Waals surface area contributed by atoms with E-state index >= 15 is 0 Å². The van der Waals surface area contributed by atoms with Crippen LogP contribution in [0.3, 0.4) is 0 Å². The minimum atomic E-state index is 0.114. The van der Waals surface area contributed by atoms with Gasteiger partial charge >= 0.3 is 0 Å². The molecule has 80 valence electrons. The van der Waals surface area contributed by atoms with Gasteiger partial charge in [0.25, 0.3) is 0 Å². The van der Waals surface area contributed by atoms with Gasteiger partial charge in [-0.2, -0.15) is 5.26 Å². The van der Waals surface area contributed by atoms with Gasteiger partial charge in [0.1, 0.15) is 0 Å². The Morgan fingerprint density at radius 3 is 2.14 bits per heavy atom. The molecule has 0 bridgehead atoms. The van der Waals surface area contributed by atoms with Crippen LogP contribution in [0.2, 0.25) is 0 Å². The van der Waals surface area contributed by atoms with Gasteiger partial charge in [-0.25, -0.2) is 0 Å². The average Bonchev–Trinajstić information content (AvgIpc) is 2.86. The van der Waals surface area contributed by atoms with Gasteiger partial charge in [-0.05, 0) is 18.3 Å². The predicted molar refractivity (Wildman–Crippen MR) is 52.5 cm³/mol. The molecular formula is C10H18N2O2. The molecule has 4 nitrogen and oxygen atoms in total. The highest BCUT2D eigenvalue weighted by atomic mass is 16.3. The van der Waals surface area contributed by atoms with Crippen LogP contribution in [-0.2, 0) is 0 Å². The number of nitrogens with zero attached hydrogens (tertiary/aromatic N) is 2. The smallest absolute Gasteiger partial charge is 0.0628 e. The molecule has 0 heterocycles. The maximum Gasteiger partial charge on any atom is 0.0628 e. The van der Waals surface area contributed by atoms with Crippen molar-refractivity contribution in [3.05, 3.63) is 0 Å². The normalized spacial score (nSPS) is 18.1. The van der Waals surface area contributed by atoms with Crippen molar-refractivity contribution in [2.45, 2.75) is 19.3 Å². The maximum atomic E-state index is 8.82. The molecule has 1 fully saturated rings. The molecule has 2 N–H and O–H groups in total. The molecule has 0 aromatic heterocycles. The first-order chi connectivity index (χ1) is 6.76. The molecule has 0 radical (unpaired) electrons. The number of hydrogen-bond donors (Lipinski definition) is 2. The van der Waals surface area contributed by atoms with E-state index in [0.29, 0.717) is 19.5 Å². The van der Waals surface area contributed by atoms with Crippen molar-refractivity contribution in [2.24, 2.45) is 5.41 Å². The number of aliphatic hydroxyl groups is 2. The molecule has 0 atom stereocenters. The molecule has 1 aliphatic carbocycles. The molecular weight excluding hydrogens is 180 g/mol. The predicted octanol–water partition coefficient (Wildman–Crippen LogP) is -0.0331. The summed E-state index contributed by atoms with van der Waals surface area (Å²) < 4.78 is 0. The summed E-state index contributed by atoms with van der Waals surface area (Å²) in [5.74, 6) is 0. The Bertz CT molecular complexity index is 203. The lowest BCUT2D eigenvalue weighted by Gasteiger charge is -2.24. The molecule has 0 unspecified atom stereocenters. The van der Waals surface area contributed by atoms with Gasteiger partial charge < -0.3 is 10.2 Å². The summed E-state index contributed by atoms with van der Waals surface area (Å²) in [4.78, 5) is 2.03. The molecule has 1 aliphatic rings. The van der Waals surface area contributed by atoms with Crippen LogP contribution in [0.5, 0.6) is 0 Å². The van der Waals surface area contributed by atoms with Gasteiger partial charge in [-0.1, -0.05) is 0 Å². The number of rotatable bonds is 7. The summed E-state index contributed by atoms with van der Waals surface area (Å²) in [5.41, 5.74) is 0.166. The highest BCUT2D eigenvalue weighted by molar-refractivity contribution is 5.01. The molecule has 4 heteroatoms. The monoisotopic (exact) mass is 198 g/mol. The topological polar surface area (TPSA) is 67.5 Å². The van der Waals surface area contributed by atoms with Crippen molar-refractivity contribution in [1.82, 2.24) is 4.90 Å². The van der Waals surface area contributed by atoms with Gasteiger partial charge in [0.15, 0.2) is 0 Å². The number of aliphatic hydroxyl groups excluding tert-OH is 2. The summed E-state index contributed by atoms with van der Waals surface area (Å²) in [6.07, 6.45) is 2.81. The molecule has 0 aromatic rings. The number of nitriles is 1. The molecule has 1 saturated carbocycles. The molecule has 1 rings (SSSR count). The Morgan fingerprint density at radius 1 is 1.21 bits per heavy atom. The van der Waals surface area contributed by atoms with Crippen molar-refractivity contribution in [3.63, 3.8) is 0 Å². The lowest BCUT2D eigenvalue weighted by Crippen LogP contribution is -2.35. The van der Waals surface area contributed by atoms with Crippen LogP contribution in [-0.4, -0.2) is 48.0 Å². The van der Waals surface area contributed by atoms with E-state index in [-0.39, 0.29) is 18.6 Å². The quantitative estimate of drug-likeness (QED) is 0.602. The summed E-state index contributed by atoms with van der Waals surface area (Å²) in [7, 11) is 0. The fraction of sp³-hybridized carbons (Fsp3) is 0.900. The fourth-order valence-corrected chi connectivity index (χ4v) is 1.76. The van der Waals surface area contributed by atoms with Crippen LogP contribution >= 0.6 is 0 Å². The van der Waals surface area contributed by atoms with E-state index < -0.39 is 0 Å². The SMILES string of the molecule is N#CCC1(CN(CCO)CCO)CC1. The summed E-state index contributed by atoms with van der Waals surface area (Å²) in [5, 5.41) is 26.3. The Labute approximate surface area is 84.8 Å². The molecule has 0 aliphatic heterocycles. The zero-order valence-corrected chi connectivity index (χ0v) is 8.45. The van der Waals surface area contributed by atoms with E-state index in [0.717, 1.165) is 19.4 Å². The third-order valence-corrected chi connectivity index (χ3v) is 2.80. The largest absolute Gasteiger partial charge is 0.395 e. The first-order valence-corrected chi connectivity index (χ1v) is 5.07. The van der Waals surface area contributed by atoms with Crippen molar-refractivity contribution in [2.75, 3.05) is 32.8 Å². The Hall–Kier alpha value is -0.630. The Balaban J connectivity index is 2.35. The van der Waals surface area contributed by atoms with E-state index in [1.807, 2.05) is 4.90 Å². The van der Waals surface area contributed by atoms with Crippen LogP contribution in [0, 0.1) is 16.7 Å². The van der Waals surface area contributed by atoms with Crippen molar-refractivity contribution in [3.8, 4) is 6.07 Å². The second kappa shape index (κ2) is 5.30. The van der Waals surface area contributed by atoms with Gasteiger partial charge in [-0.15, -0.1) is 0 Å². The standard InChI is InChI=1S/C10H18N2O2/c11-4-3-10(1-2-10)9-12(5-7-13)6-8-14/h13-14H,1-3,5-9H2. The minimum absolute atomic E-state index is 0.114. The zero-order chi connectivity index (χ0) is 10.4. The lowest BCUT2D eigenvalue weighted by molar-refractivity contribution is 0.140. The Morgan fingerprint density at radius 2 is 1.79 bits per heavy atom. The minimum Gasteiger partial charge on any atom is -0.395 e. The van der Waals surface area contributed by atoms with Crippen LogP contribution in [0.4, 0.5) is 0 Å². The van der Waals surface area contributed by atoms with Gasteiger partial charge in [0.2, 0.25) is 0 Å². The van der Waals surface area contributed by atoms with E-state index in [2.05, 4.69) is 6.07 Å². The second-order valence-electron chi connectivity index (χ2n) is 4.06. The molecule has 0 aromatic carbocycles. The summed E-state index contributed by atoms with van der Waals surface area (Å²) in [6.45, 7) is 2.24. The zero-order valence-electron chi connectivity index (χ0n) is 8.45. The number of hydrogen-bond acceptors (Lipinski definition) is 4. The first-order valence-electron chi connectivity index (χ1n) is 5.07. The molecule has 0 saturated heterocycles. The van der Waals surface area contributed by atoms with Crippen LogP contribution in [0.1, 0.15) is 19.3 Å². The van der Waals surface area contributed by atoms with Crippen LogP contribution in [0.15, 0.2) is 0 Å². The highest BCUT2D eigenvalue weighted by Gasteiger charge is 2.43. The third-order valence-electron chi connectivity index (χ3n) is 2.80. The first kappa shape index (κ1) is 11.4. The van der Waals surface area contributed by atoms with Crippen LogP contribution < -0.4 is 0 Å². The summed E-state index contributed by atoms with van der Waals surface area (Å²) in [6, 6.07) is 2.21. The van der Waals surface area contributed by atoms with Gasteiger partial charge in [0.05, 0.1) is 19.3 Å². The average molecular weight is 198 g/mol. The van der Waals surface area contributed by atoms with Crippen molar-refractivity contribution < 1.29 is 10.2 Å². The van der Waals surface area contributed by atoms with Crippen molar-refractivity contribution >= 4 is 0 Å². The lowest BCUT2D eigenvalue weighted by atomic mass is 10.0.